The van der Waals surface area contributed by atoms with E-state index in [0.717, 1.165) is 17.5 Å². The molecule has 162 valence electrons. The van der Waals surface area contributed by atoms with Crippen molar-refractivity contribution in [2.45, 2.75) is 43.5 Å². The number of likely N-dealkylation sites (tertiary alicyclic amines) is 1. The van der Waals surface area contributed by atoms with Gasteiger partial charge in [0.25, 0.3) is 0 Å². The van der Waals surface area contributed by atoms with Crippen LogP contribution in [0.1, 0.15) is 36.3 Å². The highest BCUT2D eigenvalue weighted by Gasteiger charge is 2.42. The van der Waals surface area contributed by atoms with Gasteiger partial charge in [0.05, 0.1) is 0 Å². The standard InChI is InChI=1S/C25H28FN3O2/c26-25(9-12-29(13-10-25)24(30)31-16-18-4-2-1-3-5-18)17-28-23-15-21(23)19-6-7-22-20(14-19)8-11-27-22/h1-8,11,14,21,23,27-28H,9-10,12-13,15-17H2. The quantitative estimate of drug-likeness (QED) is 0.604. The number of nitrogens with one attached hydrogen (secondary N) is 2. The van der Waals surface area contributed by atoms with Crippen LogP contribution in [0.3, 0.4) is 0 Å². The number of hydrogen-bond acceptors (Lipinski definition) is 3. The highest BCUT2D eigenvalue weighted by molar-refractivity contribution is 5.80. The molecule has 0 radical (unpaired) electrons. The molecule has 2 N–H and O–H groups in total. The molecule has 1 saturated heterocycles. The average molecular weight is 422 g/mol. The smallest absolute Gasteiger partial charge is 0.410 e. The SMILES string of the molecule is O=C(OCc1ccccc1)N1CCC(F)(CNC2CC2c2ccc3[nH]ccc3c2)CC1. The normalized spacial score (nSPS) is 22.4. The number of aromatic nitrogens is 1. The third kappa shape index (κ3) is 4.59. The summed E-state index contributed by atoms with van der Waals surface area (Å²) in [5, 5.41) is 4.65. The van der Waals surface area contributed by atoms with E-state index in [1.807, 2.05) is 36.5 Å². The number of aromatic amines is 1. The lowest BCUT2D eigenvalue weighted by Gasteiger charge is -2.36. The second-order valence-corrected chi connectivity index (χ2v) is 8.83. The number of ether oxygens (including phenoxy) is 1. The minimum atomic E-state index is -1.27. The molecule has 0 bridgehead atoms. The van der Waals surface area contributed by atoms with Gasteiger partial charge in [-0.1, -0.05) is 36.4 Å². The summed E-state index contributed by atoms with van der Waals surface area (Å²) in [5.41, 5.74) is 2.14. The number of benzene rings is 2. The largest absolute Gasteiger partial charge is 0.445 e. The molecule has 2 unspecified atom stereocenters. The summed E-state index contributed by atoms with van der Waals surface area (Å²) in [6.07, 6.45) is 3.32. The number of fused-ring (bicyclic) bond motifs is 1. The van der Waals surface area contributed by atoms with Gasteiger partial charge in [0.15, 0.2) is 0 Å². The Labute approximate surface area is 181 Å². The zero-order chi connectivity index (χ0) is 21.3. The molecule has 3 aromatic rings. The third-order valence-electron chi connectivity index (χ3n) is 6.60. The number of alkyl halides is 1. The van der Waals surface area contributed by atoms with E-state index < -0.39 is 5.67 Å². The van der Waals surface area contributed by atoms with Crippen LogP contribution in [-0.4, -0.2) is 47.3 Å². The van der Waals surface area contributed by atoms with Gasteiger partial charge in [0.2, 0.25) is 0 Å². The molecule has 1 saturated carbocycles. The molecule has 2 heterocycles. The van der Waals surface area contributed by atoms with E-state index in [1.165, 1.54) is 10.9 Å². The fourth-order valence-corrected chi connectivity index (χ4v) is 4.48. The number of H-pyrrole nitrogens is 1. The van der Waals surface area contributed by atoms with E-state index in [1.54, 1.807) is 4.90 Å². The van der Waals surface area contributed by atoms with Crippen molar-refractivity contribution in [1.29, 1.82) is 0 Å². The topological polar surface area (TPSA) is 57.4 Å². The summed E-state index contributed by atoms with van der Waals surface area (Å²) in [4.78, 5) is 17.1. The van der Waals surface area contributed by atoms with Crippen LogP contribution in [0.4, 0.5) is 9.18 Å². The zero-order valence-corrected chi connectivity index (χ0v) is 17.5. The molecule has 1 aliphatic carbocycles. The molecule has 1 aliphatic heterocycles. The van der Waals surface area contributed by atoms with Gasteiger partial charge in [-0.15, -0.1) is 0 Å². The first-order valence-corrected chi connectivity index (χ1v) is 11.0. The molecule has 2 fully saturated rings. The molecular weight excluding hydrogens is 393 g/mol. The Kier molecular flexibility index (Phi) is 5.40. The van der Waals surface area contributed by atoms with Gasteiger partial charge < -0.3 is 19.9 Å². The fraction of sp³-hybridized carbons (Fsp3) is 0.400. The van der Waals surface area contributed by atoms with E-state index in [9.17, 15) is 4.79 Å². The molecule has 31 heavy (non-hydrogen) atoms. The van der Waals surface area contributed by atoms with Gasteiger partial charge in [-0.05, 0) is 41.1 Å². The summed E-state index contributed by atoms with van der Waals surface area (Å²) in [6, 6.07) is 18.5. The second-order valence-electron chi connectivity index (χ2n) is 8.83. The maximum Gasteiger partial charge on any atom is 0.410 e. The van der Waals surface area contributed by atoms with E-state index in [4.69, 9.17) is 4.74 Å². The number of halogens is 1. The van der Waals surface area contributed by atoms with Gasteiger partial charge in [-0.3, -0.25) is 0 Å². The summed E-state index contributed by atoms with van der Waals surface area (Å²) in [6.45, 7) is 1.37. The molecule has 0 spiro atoms. The number of piperidine rings is 1. The van der Waals surface area contributed by atoms with Crippen molar-refractivity contribution < 1.29 is 13.9 Å². The van der Waals surface area contributed by atoms with Crippen LogP contribution in [0, 0.1) is 0 Å². The lowest BCUT2D eigenvalue weighted by molar-refractivity contribution is 0.0408. The molecule has 6 heteroatoms. The molecule has 2 aliphatic rings. The number of carbonyl (C=O) groups is 1. The maximum absolute atomic E-state index is 15.3. The Morgan fingerprint density at radius 2 is 1.97 bits per heavy atom. The van der Waals surface area contributed by atoms with Gasteiger partial charge >= 0.3 is 6.09 Å². The number of rotatable bonds is 6. The van der Waals surface area contributed by atoms with Crippen LogP contribution in [0.5, 0.6) is 0 Å². The molecule has 1 aromatic heterocycles. The van der Waals surface area contributed by atoms with Gasteiger partial charge in [0.1, 0.15) is 12.3 Å². The van der Waals surface area contributed by atoms with Crippen LogP contribution in [0.2, 0.25) is 0 Å². The lowest BCUT2D eigenvalue weighted by atomic mass is 9.93. The van der Waals surface area contributed by atoms with E-state index in [2.05, 4.69) is 34.6 Å². The molecular formula is C25H28FN3O2. The number of carbonyl (C=O) groups excluding carboxylic acids is 1. The fourth-order valence-electron chi connectivity index (χ4n) is 4.48. The van der Waals surface area contributed by atoms with Crippen molar-refractivity contribution in [2.75, 3.05) is 19.6 Å². The molecule has 2 atom stereocenters. The molecule has 5 nitrogen and oxygen atoms in total. The highest BCUT2D eigenvalue weighted by atomic mass is 19.1. The average Bonchev–Trinajstić information content (AvgIpc) is 3.43. The Morgan fingerprint density at radius 1 is 1.16 bits per heavy atom. The predicted octanol–water partition coefficient (Wildman–Crippen LogP) is 4.75. The van der Waals surface area contributed by atoms with Crippen molar-refractivity contribution in [3.05, 3.63) is 71.9 Å². The second kappa shape index (κ2) is 8.35. The van der Waals surface area contributed by atoms with Crippen molar-refractivity contribution >= 4 is 17.0 Å². The minimum Gasteiger partial charge on any atom is -0.445 e. The zero-order valence-electron chi connectivity index (χ0n) is 17.5. The van der Waals surface area contributed by atoms with Crippen LogP contribution in [0.25, 0.3) is 10.9 Å². The number of nitrogens with zero attached hydrogens (tertiary/aromatic N) is 1. The number of hydrogen-bond donors (Lipinski definition) is 2. The van der Waals surface area contributed by atoms with Crippen molar-refractivity contribution in [1.82, 2.24) is 15.2 Å². The first kappa shape index (κ1) is 20.1. The first-order chi connectivity index (χ1) is 15.1. The van der Waals surface area contributed by atoms with E-state index in [-0.39, 0.29) is 12.7 Å². The summed E-state index contributed by atoms with van der Waals surface area (Å²) in [5.74, 6) is 0.455. The van der Waals surface area contributed by atoms with Gasteiger partial charge in [-0.2, -0.15) is 0 Å². The molecule has 5 rings (SSSR count). The summed E-state index contributed by atoms with van der Waals surface area (Å²) < 4.78 is 20.7. The number of amides is 1. The van der Waals surface area contributed by atoms with Gasteiger partial charge in [-0.25, -0.2) is 9.18 Å². The van der Waals surface area contributed by atoms with Crippen molar-refractivity contribution in [3.63, 3.8) is 0 Å². The summed E-state index contributed by atoms with van der Waals surface area (Å²) >= 11 is 0. The third-order valence-corrected chi connectivity index (χ3v) is 6.60. The van der Waals surface area contributed by atoms with E-state index in [0.29, 0.717) is 44.4 Å². The maximum atomic E-state index is 15.3. The Hall–Kier alpha value is -2.86. The van der Waals surface area contributed by atoms with Crippen LogP contribution in [0.15, 0.2) is 60.8 Å². The Bertz CT molecular complexity index is 1040. The van der Waals surface area contributed by atoms with Crippen molar-refractivity contribution in [3.8, 4) is 0 Å². The molecule has 2 aromatic carbocycles. The Balaban J connectivity index is 1.06. The Morgan fingerprint density at radius 3 is 2.77 bits per heavy atom. The van der Waals surface area contributed by atoms with Crippen molar-refractivity contribution in [2.24, 2.45) is 0 Å². The predicted molar refractivity (Wildman–Crippen MR) is 119 cm³/mol. The monoisotopic (exact) mass is 421 g/mol. The highest BCUT2D eigenvalue weighted by Crippen LogP contribution is 2.42. The lowest BCUT2D eigenvalue weighted by Crippen LogP contribution is -2.49. The van der Waals surface area contributed by atoms with Crippen LogP contribution in [-0.2, 0) is 11.3 Å². The summed E-state index contributed by atoms with van der Waals surface area (Å²) in [7, 11) is 0. The van der Waals surface area contributed by atoms with E-state index >= 15 is 4.39 Å². The minimum absolute atomic E-state index is 0.246. The van der Waals surface area contributed by atoms with Crippen LogP contribution < -0.4 is 5.32 Å². The van der Waals surface area contributed by atoms with Crippen LogP contribution >= 0.6 is 0 Å². The molecule has 1 amide bonds. The first-order valence-electron chi connectivity index (χ1n) is 11.0. The van der Waals surface area contributed by atoms with Gasteiger partial charge in [0, 0.05) is 56.1 Å².